The van der Waals surface area contributed by atoms with Gasteiger partial charge in [0.15, 0.2) is 5.78 Å². The number of hydrogen-bond donors (Lipinski definition) is 1. The van der Waals surface area contributed by atoms with Gasteiger partial charge in [-0.1, -0.05) is 53.5 Å². The molecule has 0 aromatic heterocycles. The van der Waals surface area contributed by atoms with Gasteiger partial charge in [-0.25, -0.2) is 0 Å². The normalized spacial score (nSPS) is 18.7. The van der Waals surface area contributed by atoms with Crippen molar-refractivity contribution >= 4 is 35.0 Å². The van der Waals surface area contributed by atoms with Crippen molar-refractivity contribution in [2.75, 3.05) is 6.61 Å². The smallest absolute Gasteiger partial charge is 0.303 e. The van der Waals surface area contributed by atoms with Crippen LogP contribution in [0, 0.1) is 0 Å². The first-order valence-electron chi connectivity index (χ1n) is 8.30. The van der Waals surface area contributed by atoms with Gasteiger partial charge in [0.1, 0.15) is 10.8 Å². The number of rotatable bonds is 6. The van der Waals surface area contributed by atoms with Gasteiger partial charge in [0.05, 0.1) is 17.0 Å². The SMILES string of the molecule is CC1(c2ccccc2)Cc2cc(OCCCC(=O)O)c(Cl)c(Cl)c2C1=O. The fourth-order valence-corrected chi connectivity index (χ4v) is 3.83. The average Bonchev–Trinajstić information content (AvgIpc) is 2.88. The molecule has 1 unspecified atom stereocenters. The molecule has 0 amide bonds. The molecule has 1 atom stereocenters. The summed E-state index contributed by atoms with van der Waals surface area (Å²) in [5, 5.41) is 9.07. The number of carboxylic acids is 1. The van der Waals surface area contributed by atoms with Crippen LogP contribution in [-0.4, -0.2) is 23.5 Å². The molecule has 2 aromatic carbocycles. The Morgan fingerprint density at radius 1 is 1.23 bits per heavy atom. The van der Waals surface area contributed by atoms with E-state index in [2.05, 4.69) is 0 Å². The number of halogens is 2. The highest BCUT2D eigenvalue weighted by atomic mass is 35.5. The average molecular weight is 393 g/mol. The van der Waals surface area contributed by atoms with Crippen LogP contribution in [0.15, 0.2) is 36.4 Å². The molecule has 0 bridgehead atoms. The highest BCUT2D eigenvalue weighted by Crippen LogP contribution is 2.47. The molecule has 1 aliphatic carbocycles. The molecule has 0 saturated carbocycles. The zero-order valence-electron chi connectivity index (χ0n) is 14.2. The number of carbonyl (C=O) groups is 2. The third-order valence-electron chi connectivity index (χ3n) is 4.73. The van der Waals surface area contributed by atoms with Crippen molar-refractivity contribution < 1.29 is 19.4 Å². The molecule has 26 heavy (non-hydrogen) atoms. The summed E-state index contributed by atoms with van der Waals surface area (Å²) >= 11 is 12.7. The molecule has 0 radical (unpaired) electrons. The molecule has 1 aliphatic rings. The summed E-state index contributed by atoms with van der Waals surface area (Å²) < 4.78 is 5.61. The standard InChI is InChI=1S/C20H18Cl2O4/c1-20(13-6-3-2-4-7-13)11-12-10-14(26-9-5-8-15(23)24)17(21)18(22)16(12)19(20)25/h2-4,6-7,10H,5,8-9,11H2,1H3,(H,23,24). The predicted octanol–water partition coefficient (Wildman–Crippen LogP) is 4.93. The second-order valence-electron chi connectivity index (χ2n) is 6.59. The van der Waals surface area contributed by atoms with E-state index in [1.165, 1.54) is 0 Å². The van der Waals surface area contributed by atoms with E-state index in [-0.39, 0.29) is 28.9 Å². The van der Waals surface area contributed by atoms with Crippen molar-refractivity contribution in [3.05, 3.63) is 63.1 Å². The summed E-state index contributed by atoms with van der Waals surface area (Å²) in [6, 6.07) is 11.3. The zero-order chi connectivity index (χ0) is 18.9. The first kappa shape index (κ1) is 18.7. The Balaban J connectivity index is 1.90. The minimum absolute atomic E-state index is 0.0147. The summed E-state index contributed by atoms with van der Waals surface area (Å²) in [7, 11) is 0. The van der Waals surface area contributed by atoms with E-state index in [0.29, 0.717) is 24.2 Å². The van der Waals surface area contributed by atoms with Gasteiger partial charge < -0.3 is 9.84 Å². The van der Waals surface area contributed by atoms with E-state index in [1.807, 2.05) is 37.3 Å². The maximum atomic E-state index is 13.1. The van der Waals surface area contributed by atoms with Gasteiger partial charge in [0.25, 0.3) is 0 Å². The summed E-state index contributed by atoms with van der Waals surface area (Å²) in [5.41, 5.74) is 1.47. The van der Waals surface area contributed by atoms with E-state index in [0.717, 1.165) is 11.1 Å². The fraction of sp³-hybridized carbons (Fsp3) is 0.300. The number of aliphatic carboxylic acids is 1. The number of ketones is 1. The Kier molecular flexibility index (Phi) is 5.26. The topological polar surface area (TPSA) is 63.6 Å². The zero-order valence-corrected chi connectivity index (χ0v) is 15.7. The first-order chi connectivity index (χ1) is 12.3. The molecule has 1 N–H and O–H groups in total. The lowest BCUT2D eigenvalue weighted by Gasteiger charge is -2.22. The van der Waals surface area contributed by atoms with Crippen LogP contribution in [-0.2, 0) is 16.6 Å². The van der Waals surface area contributed by atoms with Crippen LogP contribution in [0.2, 0.25) is 10.0 Å². The second-order valence-corrected chi connectivity index (χ2v) is 7.34. The maximum Gasteiger partial charge on any atom is 0.303 e. The van der Waals surface area contributed by atoms with Gasteiger partial charge in [-0.05, 0) is 37.0 Å². The third kappa shape index (κ3) is 3.31. The Morgan fingerprint density at radius 3 is 2.58 bits per heavy atom. The Labute approximate surface area is 161 Å². The number of carbonyl (C=O) groups excluding carboxylic acids is 1. The molecule has 6 heteroatoms. The van der Waals surface area contributed by atoms with Gasteiger partial charge >= 0.3 is 5.97 Å². The summed E-state index contributed by atoms with van der Waals surface area (Å²) in [6.07, 6.45) is 0.884. The Bertz CT molecular complexity index is 864. The predicted molar refractivity (Wildman–Crippen MR) is 101 cm³/mol. The van der Waals surface area contributed by atoms with Crippen molar-refractivity contribution in [2.24, 2.45) is 0 Å². The molecule has 3 rings (SSSR count). The van der Waals surface area contributed by atoms with Crippen LogP contribution in [0.5, 0.6) is 5.75 Å². The molecule has 0 aliphatic heterocycles. The van der Waals surface area contributed by atoms with E-state index in [1.54, 1.807) is 6.07 Å². The second kappa shape index (κ2) is 7.29. The number of carboxylic acid groups (broad SMARTS) is 1. The first-order valence-corrected chi connectivity index (χ1v) is 9.06. The highest BCUT2D eigenvalue weighted by molar-refractivity contribution is 6.45. The summed E-state index contributed by atoms with van der Waals surface area (Å²) in [4.78, 5) is 23.7. The van der Waals surface area contributed by atoms with Gasteiger partial charge in [0.2, 0.25) is 0 Å². The molecule has 2 aromatic rings. The molecule has 0 spiro atoms. The largest absolute Gasteiger partial charge is 0.492 e. The van der Waals surface area contributed by atoms with Crippen molar-refractivity contribution in [1.82, 2.24) is 0 Å². The number of benzene rings is 2. The van der Waals surface area contributed by atoms with Crippen molar-refractivity contribution in [1.29, 1.82) is 0 Å². The van der Waals surface area contributed by atoms with Crippen LogP contribution < -0.4 is 4.74 Å². The van der Waals surface area contributed by atoms with Crippen molar-refractivity contribution in [3.63, 3.8) is 0 Å². The number of hydrogen-bond acceptors (Lipinski definition) is 3. The van der Waals surface area contributed by atoms with Crippen molar-refractivity contribution in [3.8, 4) is 5.75 Å². The fourth-order valence-electron chi connectivity index (χ4n) is 3.32. The lowest BCUT2D eigenvalue weighted by Crippen LogP contribution is -2.29. The monoisotopic (exact) mass is 392 g/mol. The highest BCUT2D eigenvalue weighted by Gasteiger charge is 2.45. The lowest BCUT2D eigenvalue weighted by atomic mass is 9.79. The summed E-state index contributed by atoms with van der Waals surface area (Å²) in [5.74, 6) is -0.551. The van der Waals surface area contributed by atoms with E-state index in [4.69, 9.17) is 33.0 Å². The van der Waals surface area contributed by atoms with E-state index < -0.39 is 11.4 Å². The van der Waals surface area contributed by atoms with Crippen LogP contribution in [0.3, 0.4) is 0 Å². The third-order valence-corrected chi connectivity index (χ3v) is 5.58. The van der Waals surface area contributed by atoms with Crippen LogP contribution in [0.25, 0.3) is 0 Å². The lowest BCUT2D eigenvalue weighted by molar-refractivity contribution is -0.137. The molecular formula is C20H18Cl2O4. The minimum Gasteiger partial charge on any atom is -0.492 e. The molecule has 136 valence electrons. The molecule has 4 nitrogen and oxygen atoms in total. The minimum atomic E-state index is -0.879. The molecule has 0 saturated heterocycles. The van der Waals surface area contributed by atoms with Crippen LogP contribution >= 0.6 is 23.2 Å². The van der Waals surface area contributed by atoms with Crippen molar-refractivity contribution in [2.45, 2.75) is 31.6 Å². The molecule has 0 heterocycles. The molecular weight excluding hydrogens is 375 g/mol. The molecule has 0 fully saturated rings. The number of ether oxygens (including phenoxy) is 1. The van der Waals surface area contributed by atoms with E-state index >= 15 is 0 Å². The van der Waals surface area contributed by atoms with Gasteiger partial charge in [-0.15, -0.1) is 0 Å². The van der Waals surface area contributed by atoms with Crippen LogP contribution in [0.4, 0.5) is 0 Å². The number of fused-ring (bicyclic) bond motifs is 1. The quantitative estimate of drug-likeness (QED) is 0.707. The van der Waals surface area contributed by atoms with Gasteiger partial charge in [-0.3, -0.25) is 9.59 Å². The van der Waals surface area contributed by atoms with Gasteiger partial charge in [0, 0.05) is 12.0 Å². The Hall–Kier alpha value is -2.04. The van der Waals surface area contributed by atoms with Crippen LogP contribution in [0.1, 0.15) is 41.3 Å². The number of Topliss-reactive ketones (excluding diaryl/α,β-unsaturated/α-hetero) is 1. The summed E-state index contributed by atoms with van der Waals surface area (Å²) in [6.45, 7) is 2.12. The maximum absolute atomic E-state index is 13.1. The van der Waals surface area contributed by atoms with Gasteiger partial charge in [-0.2, -0.15) is 0 Å². The van der Waals surface area contributed by atoms with E-state index in [9.17, 15) is 9.59 Å². The Morgan fingerprint density at radius 2 is 1.92 bits per heavy atom.